The molecule has 2 atom stereocenters. The summed E-state index contributed by atoms with van der Waals surface area (Å²) in [5, 5.41) is 3.14. The first-order valence-electron chi connectivity index (χ1n) is 10.1. The van der Waals surface area contributed by atoms with Crippen LogP contribution in [0.15, 0.2) is 36.4 Å². The number of carbonyl (C=O) groups is 1. The fourth-order valence-corrected chi connectivity index (χ4v) is 3.74. The Labute approximate surface area is 163 Å². The monoisotopic (exact) mass is 365 g/mol. The maximum atomic E-state index is 12.8. The van der Waals surface area contributed by atoms with Crippen LogP contribution < -0.4 is 10.1 Å². The van der Waals surface area contributed by atoms with Crippen molar-refractivity contribution in [1.82, 2.24) is 5.32 Å². The SMILES string of the molecule is CCC(Oc1cccc(C)c1C)C(=O)NC(C)c1ccc2c(c1)CCCC2. The van der Waals surface area contributed by atoms with Gasteiger partial charge in [0.25, 0.3) is 5.91 Å². The van der Waals surface area contributed by atoms with E-state index < -0.39 is 6.10 Å². The first kappa shape index (κ1) is 19.5. The molecule has 3 heteroatoms. The van der Waals surface area contributed by atoms with Crippen LogP contribution in [0.25, 0.3) is 0 Å². The molecule has 1 aliphatic rings. The molecule has 1 aliphatic carbocycles. The van der Waals surface area contributed by atoms with E-state index in [2.05, 4.69) is 36.5 Å². The molecule has 0 fully saturated rings. The standard InChI is InChI=1S/C24H31NO2/c1-5-22(27-23-12-8-9-16(2)17(23)3)24(26)25-18(4)20-14-13-19-10-6-7-11-21(19)15-20/h8-9,12-15,18,22H,5-7,10-11H2,1-4H3,(H,25,26). The molecule has 3 nitrogen and oxygen atoms in total. The minimum Gasteiger partial charge on any atom is -0.480 e. The van der Waals surface area contributed by atoms with E-state index in [-0.39, 0.29) is 11.9 Å². The number of nitrogens with one attached hydrogen (secondary N) is 1. The first-order valence-corrected chi connectivity index (χ1v) is 10.1. The maximum Gasteiger partial charge on any atom is 0.261 e. The van der Waals surface area contributed by atoms with Gasteiger partial charge in [-0.15, -0.1) is 0 Å². The number of hydrogen-bond donors (Lipinski definition) is 1. The van der Waals surface area contributed by atoms with Gasteiger partial charge in [0.2, 0.25) is 0 Å². The summed E-state index contributed by atoms with van der Waals surface area (Å²) < 4.78 is 6.05. The lowest BCUT2D eigenvalue weighted by molar-refractivity contribution is -0.128. The zero-order chi connectivity index (χ0) is 19.4. The molecule has 0 heterocycles. The normalized spacial score (nSPS) is 15.6. The smallest absolute Gasteiger partial charge is 0.261 e. The molecule has 0 saturated carbocycles. The van der Waals surface area contributed by atoms with E-state index in [9.17, 15) is 4.79 Å². The van der Waals surface area contributed by atoms with Crippen molar-refractivity contribution in [2.45, 2.75) is 71.9 Å². The zero-order valence-corrected chi connectivity index (χ0v) is 17.0. The Balaban J connectivity index is 1.68. The van der Waals surface area contributed by atoms with Gasteiger partial charge in [0.15, 0.2) is 6.10 Å². The number of fused-ring (bicyclic) bond motifs is 1. The Hall–Kier alpha value is -2.29. The Kier molecular flexibility index (Phi) is 6.20. The molecule has 0 radical (unpaired) electrons. The second-order valence-corrected chi connectivity index (χ2v) is 7.68. The van der Waals surface area contributed by atoms with Gasteiger partial charge < -0.3 is 10.1 Å². The summed E-state index contributed by atoms with van der Waals surface area (Å²) in [5.74, 6) is 0.738. The Morgan fingerprint density at radius 2 is 1.85 bits per heavy atom. The van der Waals surface area contributed by atoms with Gasteiger partial charge in [-0.3, -0.25) is 4.79 Å². The highest BCUT2D eigenvalue weighted by molar-refractivity contribution is 5.81. The summed E-state index contributed by atoms with van der Waals surface area (Å²) in [5.41, 5.74) is 6.34. The van der Waals surface area contributed by atoms with Crippen LogP contribution in [-0.2, 0) is 17.6 Å². The molecule has 0 spiro atoms. The highest BCUT2D eigenvalue weighted by Crippen LogP contribution is 2.26. The van der Waals surface area contributed by atoms with Crippen LogP contribution in [0, 0.1) is 13.8 Å². The van der Waals surface area contributed by atoms with Crippen molar-refractivity contribution in [3.8, 4) is 5.75 Å². The molecule has 1 N–H and O–H groups in total. The number of carbonyl (C=O) groups excluding carboxylic acids is 1. The van der Waals surface area contributed by atoms with Gasteiger partial charge in [0.1, 0.15) is 5.75 Å². The quantitative estimate of drug-likeness (QED) is 0.762. The summed E-state index contributed by atoms with van der Waals surface area (Å²) in [4.78, 5) is 12.8. The predicted molar refractivity (Wildman–Crippen MR) is 110 cm³/mol. The molecule has 0 saturated heterocycles. The zero-order valence-electron chi connectivity index (χ0n) is 17.0. The Bertz CT molecular complexity index is 812. The van der Waals surface area contributed by atoms with Crippen molar-refractivity contribution in [2.24, 2.45) is 0 Å². The van der Waals surface area contributed by atoms with Crippen LogP contribution in [-0.4, -0.2) is 12.0 Å². The van der Waals surface area contributed by atoms with Crippen LogP contribution in [0.1, 0.15) is 67.0 Å². The number of amides is 1. The van der Waals surface area contributed by atoms with Gasteiger partial charge in [0, 0.05) is 0 Å². The fraction of sp³-hybridized carbons (Fsp3) is 0.458. The van der Waals surface area contributed by atoms with Gasteiger partial charge in [-0.2, -0.15) is 0 Å². The largest absolute Gasteiger partial charge is 0.480 e. The number of ether oxygens (including phenoxy) is 1. The van der Waals surface area contributed by atoms with Gasteiger partial charge in [0.05, 0.1) is 6.04 Å². The molecule has 2 aromatic carbocycles. The highest BCUT2D eigenvalue weighted by Gasteiger charge is 2.22. The maximum absolute atomic E-state index is 12.8. The van der Waals surface area contributed by atoms with E-state index in [1.165, 1.54) is 41.5 Å². The molecule has 0 aromatic heterocycles. The lowest BCUT2D eigenvalue weighted by atomic mass is 9.89. The molecule has 144 valence electrons. The summed E-state index contributed by atoms with van der Waals surface area (Å²) in [7, 11) is 0. The molecule has 3 rings (SSSR count). The van der Waals surface area contributed by atoms with E-state index in [0.717, 1.165) is 17.7 Å². The van der Waals surface area contributed by atoms with E-state index in [4.69, 9.17) is 4.74 Å². The van der Waals surface area contributed by atoms with E-state index in [1.807, 2.05) is 32.9 Å². The summed E-state index contributed by atoms with van der Waals surface area (Å²) in [6, 6.07) is 12.6. The second-order valence-electron chi connectivity index (χ2n) is 7.68. The molecule has 1 amide bonds. The predicted octanol–water partition coefficient (Wildman–Crippen LogP) is 5.22. The van der Waals surface area contributed by atoms with Crippen LogP contribution in [0.3, 0.4) is 0 Å². The average molecular weight is 366 g/mol. The van der Waals surface area contributed by atoms with E-state index >= 15 is 0 Å². The van der Waals surface area contributed by atoms with Crippen LogP contribution in [0.2, 0.25) is 0 Å². The van der Waals surface area contributed by atoms with Crippen molar-refractivity contribution in [2.75, 3.05) is 0 Å². The Morgan fingerprint density at radius 1 is 1.11 bits per heavy atom. The molecule has 2 unspecified atom stereocenters. The van der Waals surface area contributed by atoms with E-state index in [0.29, 0.717) is 6.42 Å². The number of rotatable bonds is 6. The number of hydrogen-bond acceptors (Lipinski definition) is 2. The summed E-state index contributed by atoms with van der Waals surface area (Å²) >= 11 is 0. The molecule has 0 bridgehead atoms. The third-order valence-electron chi connectivity index (χ3n) is 5.72. The van der Waals surface area contributed by atoms with Crippen molar-refractivity contribution in [3.63, 3.8) is 0 Å². The van der Waals surface area contributed by atoms with Crippen LogP contribution in [0.5, 0.6) is 5.75 Å². The molecular weight excluding hydrogens is 334 g/mol. The first-order chi connectivity index (χ1) is 13.0. The minimum atomic E-state index is -0.481. The lowest BCUT2D eigenvalue weighted by Crippen LogP contribution is -2.39. The topological polar surface area (TPSA) is 38.3 Å². The minimum absolute atomic E-state index is 0.0269. The molecule has 0 aliphatic heterocycles. The van der Waals surface area contributed by atoms with Crippen molar-refractivity contribution < 1.29 is 9.53 Å². The molecule has 2 aromatic rings. The van der Waals surface area contributed by atoms with Crippen molar-refractivity contribution >= 4 is 5.91 Å². The molecular formula is C24H31NO2. The third-order valence-corrected chi connectivity index (χ3v) is 5.72. The number of aryl methyl sites for hydroxylation is 3. The lowest BCUT2D eigenvalue weighted by Gasteiger charge is -2.23. The van der Waals surface area contributed by atoms with Crippen LogP contribution >= 0.6 is 0 Å². The van der Waals surface area contributed by atoms with Crippen molar-refractivity contribution in [3.05, 3.63) is 64.2 Å². The number of benzene rings is 2. The average Bonchev–Trinajstić information content (AvgIpc) is 2.68. The van der Waals surface area contributed by atoms with Crippen molar-refractivity contribution in [1.29, 1.82) is 0 Å². The summed E-state index contributed by atoms with van der Waals surface area (Å²) in [6.45, 7) is 8.12. The van der Waals surface area contributed by atoms with E-state index in [1.54, 1.807) is 0 Å². The van der Waals surface area contributed by atoms with Gasteiger partial charge >= 0.3 is 0 Å². The fourth-order valence-electron chi connectivity index (χ4n) is 3.74. The van der Waals surface area contributed by atoms with Gasteiger partial charge in [-0.1, -0.05) is 37.3 Å². The Morgan fingerprint density at radius 3 is 2.59 bits per heavy atom. The van der Waals surface area contributed by atoms with Crippen LogP contribution in [0.4, 0.5) is 0 Å². The van der Waals surface area contributed by atoms with Gasteiger partial charge in [-0.25, -0.2) is 0 Å². The second kappa shape index (κ2) is 8.60. The van der Waals surface area contributed by atoms with Gasteiger partial charge in [-0.05, 0) is 86.8 Å². The summed E-state index contributed by atoms with van der Waals surface area (Å²) in [6.07, 6.45) is 5.03. The molecule has 27 heavy (non-hydrogen) atoms. The highest BCUT2D eigenvalue weighted by atomic mass is 16.5. The third kappa shape index (κ3) is 4.52.